The van der Waals surface area contributed by atoms with Gasteiger partial charge in [-0.05, 0) is 43.9 Å². The van der Waals surface area contributed by atoms with Gasteiger partial charge in [-0.2, -0.15) is 5.10 Å². The predicted molar refractivity (Wildman–Crippen MR) is 77.6 cm³/mol. The Morgan fingerprint density at radius 1 is 1.43 bits per heavy atom. The Hall–Kier alpha value is -1.08. The molecule has 2 saturated carbocycles. The molecule has 0 aromatic carbocycles. The molecule has 6 nitrogen and oxygen atoms in total. The van der Waals surface area contributed by atoms with Gasteiger partial charge in [0.05, 0.1) is 5.69 Å². The lowest BCUT2D eigenvalue weighted by Crippen LogP contribution is -2.32. The summed E-state index contributed by atoms with van der Waals surface area (Å²) in [5.41, 5.74) is 0.126. The topological polar surface area (TPSA) is 91.9 Å². The Bertz CT molecular complexity index is 670. The van der Waals surface area contributed by atoms with Crippen molar-refractivity contribution in [3.8, 4) is 0 Å². The second-order valence-electron chi connectivity index (χ2n) is 6.11. The van der Waals surface area contributed by atoms with E-state index in [1.54, 1.807) is 0 Å². The number of H-pyrrole nitrogens is 1. The second kappa shape index (κ2) is 5.28. The first-order valence-corrected chi connectivity index (χ1v) is 9.45. The summed E-state index contributed by atoms with van der Waals surface area (Å²) in [6, 6.07) is 0. The Morgan fingerprint density at radius 2 is 2.19 bits per heavy atom. The molecular formula is C13H18ClN3O3S. The first-order valence-electron chi connectivity index (χ1n) is 7.14. The highest BCUT2D eigenvalue weighted by Crippen LogP contribution is 2.47. The summed E-state index contributed by atoms with van der Waals surface area (Å²) in [5, 5.41) is 9.09. The number of amides is 1. The zero-order valence-corrected chi connectivity index (χ0v) is 13.3. The summed E-state index contributed by atoms with van der Waals surface area (Å²) in [6.45, 7) is 2.10. The molecular weight excluding hydrogens is 314 g/mol. The van der Waals surface area contributed by atoms with Gasteiger partial charge in [0, 0.05) is 17.2 Å². The third-order valence-corrected chi connectivity index (χ3v) is 6.21. The maximum atomic E-state index is 12.2. The zero-order valence-electron chi connectivity index (χ0n) is 11.7. The average molecular weight is 332 g/mol. The van der Waals surface area contributed by atoms with Crippen molar-refractivity contribution in [2.24, 2.45) is 17.8 Å². The molecule has 3 atom stereocenters. The van der Waals surface area contributed by atoms with Crippen molar-refractivity contribution in [2.75, 3.05) is 6.54 Å². The standard InChI is InChI=1S/C13H18ClN3O3S/c1-7-12(21(14,19)20)11(17-16-7)13(18)15-6-10-5-8-2-3-9(10)4-8/h8-10H,2-6H2,1H3,(H,15,18)(H,16,17). The molecule has 0 aliphatic heterocycles. The van der Waals surface area contributed by atoms with E-state index in [9.17, 15) is 13.2 Å². The van der Waals surface area contributed by atoms with Crippen molar-refractivity contribution in [1.29, 1.82) is 0 Å². The maximum Gasteiger partial charge on any atom is 0.273 e. The summed E-state index contributed by atoms with van der Waals surface area (Å²) in [4.78, 5) is 11.9. The summed E-state index contributed by atoms with van der Waals surface area (Å²) in [7, 11) is 1.37. The van der Waals surface area contributed by atoms with Crippen LogP contribution in [-0.2, 0) is 9.05 Å². The van der Waals surface area contributed by atoms with Gasteiger partial charge in [-0.3, -0.25) is 9.89 Å². The molecule has 1 aromatic rings. The molecule has 2 aliphatic rings. The van der Waals surface area contributed by atoms with E-state index in [4.69, 9.17) is 10.7 Å². The van der Waals surface area contributed by atoms with Crippen LogP contribution in [-0.4, -0.2) is 31.1 Å². The molecule has 0 radical (unpaired) electrons. The van der Waals surface area contributed by atoms with Gasteiger partial charge >= 0.3 is 0 Å². The molecule has 3 rings (SSSR count). The number of halogens is 1. The fourth-order valence-corrected chi connectivity index (χ4v) is 5.15. The number of nitrogens with one attached hydrogen (secondary N) is 2. The van der Waals surface area contributed by atoms with Crippen LogP contribution in [0.15, 0.2) is 4.90 Å². The lowest BCUT2D eigenvalue weighted by atomic mass is 9.89. The minimum atomic E-state index is -3.99. The zero-order chi connectivity index (χ0) is 15.2. The van der Waals surface area contributed by atoms with Crippen molar-refractivity contribution in [3.05, 3.63) is 11.4 Å². The first-order chi connectivity index (χ1) is 9.86. The number of aromatic nitrogens is 2. The number of aryl methyl sites for hydroxylation is 1. The minimum Gasteiger partial charge on any atom is -0.350 e. The Balaban J connectivity index is 1.69. The molecule has 21 heavy (non-hydrogen) atoms. The van der Waals surface area contributed by atoms with Gasteiger partial charge in [0.25, 0.3) is 15.0 Å². The van der Waals surface area contributed by atoms with Crippen LogP contribution >= 0.6 is 10.7 Å². The Kier molecular flexibility index (Phi) is 3.73. The molecule has 1 heterocycles. The van der Waals surface area contributed by atoms with Crippen LogP contribution in [0.1, 0.15) is 41.9 Å². The van der Waals surface area contributed by atoms with Crippen LogP contribution in [0.2, 0.25) is 0 Å². The van der Waals surface area contributed by atoms with Crippen LogP contribution in [0.3, 0.4) is 0 Å². The van der Waals surface area contributed by atoms with Gasteiger partial charge in [0.2, 0.25) is 0 Å². The number of fused-ring (bicyclic) bond motifs is 2. The number of nitrogens with zero attached hydrogens (tertiary/aromatic N) is 1. The van der Waals surface area contributed by atoms with E-state index < -0.39 is 15.0 Å². The van der Waals surface area contributed by atoms with Crippen LogP contribution in [0.4, 0.5) is 0 Å². The van der Waals surface area contributed by atoms with Crippen molar-refractivity contribution < 1.29 is 13.2 Å². The molecule has 116 valence electrons. The van der Waals surface area contributed by atoms with Gasteiger partial charge in [-0.25, -0.2) is 8.42 Å². The molecule has 0 saturated heterocycles. The monoisotopic (exact) mass is 331 g/mol. The molecule has 0 spiro atoms. The normalized spacial score (nSPS) is 28.0. The lowest BCUT2D eigenvalue weighted by Gasteiger charge is -2.21. The molecule has 1 amide bonds. The van der Waals surface area contributed by atoms with Crippen molar-refractivity contribution in [3.63, 3.8) is 0 Å². The van der Waals surface area contributed by atoms with Crippen LogP contribution in [0, 0.1) is 24.7 Å². The van der Waals surface area contributed by atoms with Crippen molar-refractivity contribution in [1.82, 2.24) is 15.5 Å². The third-order valence-electron chi connectivity index (χ3n) is 4.76. The second-order valence-corrected chi connectivity index (χ2v) is 8.61. The highest BCUT2D eigenvalue weighted by atomic mass is 35.7. The smallest absolute Gasteiger partial charge is 0.273 e. The molecule has 1 aromatic heterocycles. The third kappa shape index (κ3) is 2.81. The van der Waals surface area contributed by atoms with Gasteiger partial charge in [0.15, 0.2) is 5.69 Å². The largest absolute Gasteiger partial charge is 0.350 e. The van der Waals surface area contributed by atoms with Gasteiger partial charge in [-0.1, -0.05) is 6.42 Å². The number of carbonyl (C=O) groups is 1. The number of carbonyl (C=O) groups excluding carboxylic acids is 1. The molecule has 8 heteroatoms. The van der Waals surface area contributed by atoms with Gasteiger partial charge in [0.1, 0.15) is 4.90 Å². The van der Waals surface area contributed by atoms with Gasteiger partial charge in [-0.15, -0.1) is 0 Å². The van der Waals surface area contributed by atoms with Gasteiger partial charge < -0.3 is 5.32 Å². The fourth-order valence-electron chi connectivity index (χ4n) is 3.81. The van der Waals surface area contributed by atoms with Crippen LogP contribution in [0.25, 0.3) is 0 Å². The van der Waals surface area contributed by atoms with E-state index in [-0.39, 0.29) is 16.3 Å². The lowest BCUT2D eigenvalue weighted by molar-refractivity contribution is 0.0933. The maximum absolute atomic E-state index is 12.2. The average Bonchev–Trinajstić information content (AvgIpc) is 3.08. The Labute approximate surface area is 128 Å². The number of rotatable bonds is 4. The number of hydrogen-bond donors (Lipinski definition) is 2. The molecule has 2 fully saturated rings. The van der Waals surface area contributed by atoms with E-state index in [0.29, 0.717) is 18.4 Å². The minimum absolute atomic E-state index is 0.148. The molecule has 2 N–H and O–H groups in total. The number of aromatic amines is 1. The highest BCUT2D eigenvalue weighted by molar-refractivity contribution is 8.13. The van der Waals surface area contributed by atoms with E-state index in [1.807, 2.05) is 0 Å². The summed E-state index contributed by atoms with van der Waals surface area (Å²) < 4.78 is 23.1. The quantitative estimate of drug-likeness (QED) is 0.823. The van der Waals surface area contributed by atoms with E-state index in [1.165, 1.54) is 26.2 Å². The molecule has 3 unspecified atom stereocenters. The summed E-state index contributed by atoms with van der Waals surface area (Å²) in [6.07, 6.45) is 4.98. The first kappa shape index (κ1) is 14.8. The summed E-state index contributed by atoms with van der Waals surface area (Å²) in [5.74, 6) is 1.53. The molecule has 2 bridgehead atoms. The van der Waals surface area contributed by atoms with E-state index in [2.05, 4.69) is 15.5 Å². The van der Waals surface area contributed by atoms with Crippen molar-refractivity contribution >= 4 is 25.6 Å². The van der Waals surface area contributed by atoms with E-state index in [0.717, 1.165) is 12.3 Å². The van der Waals surface area contributed by atoms with Crippen LogP contribution < -0.4 is 5.32 Å². The van der Waals surface area contributed by atoms with Crippen LogP contribution in [0.5, 0.6) is 0 Å². The fraction of sp³-hybridized carbons (Fsp3) is 0.692. The van der Waals surface area contributed by atoms with E-state index >= 15 is 0 Å². The number of hydrogen-bond acceptors (Lipinski definition) is 4. The predicted octanol–water partition coefficient (Wildman–Crippen LogP) is 1.81. The molecule has 2 aliphatic carbocycles. The summed E-state index contributed by atoms with van der Waals surface area (Å²) >= 11 is 0. The van der Waals surface area contributed by atoms with Crippen molar-refractivity contribution in [2.45, 2.75) is 37.5 Å². The highest BCUT2D eigenvalue weighted by Gasteiger charge is 2.39. The Morgan fingerprint density at radius 3 is 2.76 bits per heavy atom. The SMILES string of the molecule is Cc1[nH]nc(C(=O)NCC2CC3CCC2C3)c1S(=O)(=O)Cl.